The summed E-state index contributed by atoms with van der Waals surface area (Å²) in [6.45, 7) is 1.17. The predicted octanol–water partition coefficient (Wildman–Crippen LogP) is 1.78. The molecule has 0 amide bonds. The molecule has 1 aromatic heterocycles. The van der Waals surface area contributed by atoms with E-state index in [4.69, 9.17) is 10.5 Å². The standard InChI is InChI=1S/C13H20N2O2/c14-11-6-7-13(16)15(10-11)8-9-17-12-4-2-1-3-5-12/h6-7,10,12H,1-5,8-9,14H2. The molecule has 2 rings (SSSR count). The van der Waals surface area contributed by atoms with Crippen LogP contribution >= 0.6 is 0 Å². The molecule has 0 atom stereocenters. The van der Waals surface area contributed by atoms with Crippen LogP contribution in [0.4, 0.5) is 5.69 Å². The van der Waals surface area contributed by atoms with E-state index in [9.17, 15) is 4.79 Å². The number of hydrogen-bond donors (Lipinski definition) is 1. The van der Waals surface area contributed by atoms with Crippen molar-refractivity contribution in [3.63, 3.8) is 0 Å². The fourth-order valence-corrected chi connectivity index (χ4v) is 2.27. The number of aromatic nitrogens is 1. The lowest BCUT2D eigenvalue weighted by Crippen LogP contribution is -2.24. The molecule has 4 heteroatoms. The first-order valence-electron chi connectivity index (χ1n) is 6.33. The van der Waals surface area contributed by atoms with Crippen LogP contribution in [0.15, 0.2) is 23.1 Å². The normalized spacial score (nSPS) is 17.2. The van der Waals surface area contributed by atoms with Crippen molar-refractivity contribution in [3.8, 4) is 0 Å². The van der Waals surface area contributed by atoms with Gasteiger partial charge in [-0.1, -0.05) is 19.3 Å². The Hall–Kier alpha value is -1.29. The number of nitrogen functional groups attached to an aromatic ring is 1. The maximum atomic E-state index is 11.5. The van der Waals surface area contributed by atoms with E-state index in [-0.39, 0.29) is 5.56 Å². The summed E-state index contributed by atoms with van der Waals surface area (Å²) in [6.07, 6.45) is 8.24. The Bertz CT molecular complexity index is 408. The summed E-state index contributed by atoms with van der Waals surface area (Å²) in [4.78, 5) is 11.5. The van der Waals surface area contributed by atoms with Gasteiger partial charge in [-0.3, -0.25) is 4.79 Å². The first kappa shape index (κ1) is 12.2. The number of anilines is 1. The highest BCUT2D eigenvalue weighted by atomic mass is 16.5. The molecule has 0 saturated heterocycles. The molecule has 4 nitrogen and oxygen atoms in total. The van der Waals surface area contributed by atoms with E-state index in [0.717, 1.165) is 12.8 Å². The largest absolute Gasteiger partial charge is 0.398 e. The highest BCUT2D eigenvalue weighted by molar-refractivity contribution is 5.33. The molecule has 1 heterocycles. The summed E-state index contributed by atoms with van der Waals surface area (Å²) in [5.74, 6) is 0. The second-order valence-corrected chi connectivity index (χ2v) is 4.62. The summed E-state index contributed by atoms with van der Waals surface area (Å²) >= 11 is 0. The molecule has 17 heavy (non-hydrogen) atoms. The van der Waals surface area contributed by atoms with Crippen molar-refractivity contribution < 1.29 is 4.74 Å². The van der Waals surface area contributed by atoms with Crippen LogP contribution in [0.5, 0.6) is 0 Å². The molecule has 2 N–H and O–H groups in total. The number of ether oxygens (including phenoxy) is 1. The summed E-state index contributed by atoms with van der Waals surface area (Å²) in [6, 6.07) is 3.12. The Morgan fingerprint density at radius 1 is 1.29 bits per heavy atom. The molecule has 0 radical (unpaired) electrons. The van der Waals surface area contributed by atoms with Crippen molar-refractivity contribution in [2.75, 3.05) is 12.3 Å². The van der Waals surface area contributed by atoms with E-state index in [1.165, 1.54) is 25.3 Å². The maximum absolute atomic E-state index is 11.5. The first-order chi connectivity index (χ1) is 8.25. The van der Waals surface area contributed by atoms with Gasteiger partial charge in [-0.15, -0.1) is 0 Å². The van der Waals surface area contributed by atoms with Crippen LogP contribution in [0.1, 0.15) is 32.1 Å². The Morgan fingerprint density at radius 2 is 2.06 bits per heavy atom. The molecular weight excluding hydrogens is 216 g/mol. The molecule has 1 fully saturated rings. The third-order valence-electron chi connectivity index (χ3n) is 3.24. The summed E-state index contributed by atoms with van der Waals surface area (Å²) in [5.41, 5.74) is 6.23. The molecule has 94 valence electrons. The fraction of sp³-hybridized carbons (Fsp3) is 0.615. The van der Waals surface area contributed by atoms with Gasteiger partial charge in [0.1, 0.15) is 0 Å². The average molecular weight is 236 g/mol. The maximum Gasteiger partial charge on any atom is 0.250 e. The average Bonchev–Trinajstić information content (AvgIpc) is 2.35. The Kier molecular flexibility index (Phi) is 4.20. The van der Waals surface area contributed by atoms with Crippen LogP contribution in [-0.2, 0) is 11.3 Å². The van der Waals surface area contributed by atoms with Crippen LogP contribution in [0.3, 0.4) is 0 Å². The van der Waals surface area contributed by atoms with Gasteiger partial charge in [-0.2, -0.15) is 0 Å². The minimum Gasteiger partial charge on any atom is -0.398 e. The van der Waals surface area contributed by atoms with E-state index in [2.05, 4.69) is 0 Å². The third-order valence-corrected chi connectivity index (χ3v) is 3.24. The molecule has 0 spiro atoms. The zero-order chi connectivity index (χ0) is 12.1. The Balaban J connectivity index is 1.81. The molecule has 1 aromatic rings. The highest BCUT2D eigenvalue weighted by Gasteiger charge is 2.13. The van der Waals surface area contributed by atoms with Crippen LogP contribution in [-0.4, -0.2) is 17.3 Å². The molecule has 1 saturated carbocycles. The zero-order valence-corrected chi connectivity index (χ0v) is 10.1. The molecule has 1 aliphatic rings. The van der Waals surface area contributed by atoms with Gasteiger partial charge >= 0.3 is 0 Å². The van der Waals surface area contributed by atoms with Gasteiger partial charge in [0.15, 0.2) is 0 Å². The summed E-state index contributed by atoms with van der Waals surface area (Å²) < 4.78 is 7.39. The lowest BCUT2D eigenvalue weighted by Gasteiger charge is -2.22. The van der Waals surface area contributed by atoms with Crippen LogP contribution in [0, 0.1) is 0 Å². The lowest BCUT2D eigenvalue weighted by molar-refractivity contribution is 0.0238. The molecule has 0 unspecified atom stereocenters. The Labute approximate surface area is 101 Å². The summed E-state index contributed by atoms with van der Waals surface area (Å²) in [5, 5.41) is 0. The fourth-order valence-electron chi connectivity index (χ4n) is 2.27. The van der Waals surface area contributed by atoms with Crippen molar-refractivity contribution in [3.05, 3.63) is 28.7 Å². The van der Waals surface area contributed by atoms with E-state index < -0.39 is 0 Å². The first-order valence-corrected chi connectivity index (χ1v) is 6.33. The number of pyridine rings is 1. The van der Waals surface area contributed by atoms with Gasteiger partial charge in [-0.05, 0) is 18.9 Å². The zero-order valence-electron chi connectivity index (χ0n) is 10.1. The Morgan fingerprint density at radius 3 is 2.82 bits per heavy atom. The van der Waals surface area contributed by atoms with Crippen LogP contribution in [0.25, 0.3) is 0 Å². The second kappa shape index (κ2) is 5.87. The lowest BCUT2D eigenvalue weighted by atomic mass is 9.98. The highest BCUT2D eigenvalue weighted by Crippen LogP contribution is 2.20. The minimum absolute atomic E-state index is 0.0218. The number of nitrogens with two attached hydrogens (primary N) is 1. The van der Waals surface area contributed by atoms with Crippen molar-refractivity contribution in [1.82, 2.24) is 4.57 Å². The summed E-state index contributed by atoms with van der Waals surface area (Å²) in [7, 11) is 0. The molecular formula is C13H20N2O2. The number of hydrogen-bond acceptors (Lipinski definition) is 3. The van der Waals surface area contributed by atoms with E-state index in [1.807, 2.05) is 0 Å². The predicted molar refractivity (Wildman–Crippen MR) is 67.9 cm³/mol. The van der Waals surface area contributed by atoms with Crippen molar-refractivity contribution >= 4 is 5.69 Å². The van der Waals surface area contributed by atoms with Gasteiger partial charge in [0.05, 0.1) is 12.7 Å². The smallest absolute Gasteiger partial charge is 0.250 e. The molecule has 0 bridgehead atoms. The SMILES string of the molecule is Nc1ccc(=O)n(CCOC2CCCCC2)c1. The van der Waals surface area contributed by atoms with Gasteiger partial charge in [0, 0.05) is 24.5 Å². The topological polar surface area (TPSA) is 57.2 Å². The van der Waals surface area contributed by atoms with Crippen molar-refractivity contribution in [1.29, 1.82) is 0 Å². The van der Waals surface area contributed by atoms with E-state index >= 15 is 0 Å². The third kappa shape index (κ3) is 3.60. The van der Waals surface area contributed by atoms with E-state index in [0.29, 0.717) is 24.9 Å². The quantitative estimate of drug-likeness (QED) is 0.867. The van der Waals surface area contributed by atoms with Crippen molar-refractivity contribution in [2.24, 2.45) is 0 Å². The van der Waals surface area contributed by atoms with Gasteiger partial charge in [0.25, 0.3) is 5.56 Å². The van der Waals surface area contributed by atoms with Gasteiger partial charge in [-0.25, -0.2) is 0 Å². The number of rotatable bonds is 4. The minimum atomic E-state index is -0.0218. The van der Waals surface area contributed by atoms with Crippen molar-refractivity contribution in [2.45, 2.75) is 44.8 Å². The molecule has 0 aliphatic heterocycles. The molecule has 1 aliphatic carbocycles. The van der Waals surface area contributed by atoms with Crippen LogP contribution in [0.2, 0.25) is 0 Å². The van der Waals surface area contributed by atoms with Gasteiger partial charge in [0.2, 0.25) is 0 Å². The second-order valence-electron chi connectivity index (χ2n) is 4.62. The number of nitrogens with zero attached hydrogens (tertiary/aromatic N) is 1. The van der Waals surface area contributed by atoms with Gasteiger partial charge < -0.3 is 15.0 Å². The monoisotopic (exact) mass is 236 g/mol. The van der Waals surface area contributed by atoms with Crippen LogP contribution < -0.4 is 11.3 Å². The van der Waals surface area contributed by atoms with E-state index in [1.54, 1.807) is 16.8 Å². The molecule has 0 aromatic carbocycles.